The van der Waals surface area contributed by atoms with Gasteiger partial charge in [0.25, 0.3) is 5.69 Å². The minimum absolute atomic E-state index is 0.141. The van der Waals surface area contributed by atoms with E-state index >= 15 is 0 Å². The summed E-state index contributed by atoms with van der Waals surface area (Å²) in [6, 6.07) is 5.34. The minimum Gasteiger partial charge on any atom is -0.506 e. The van der Waals surface area contributed by atoms with E-state index in [9.17, 15) is 20.0 Å². The van der Waals surface area contributed by atoms with Gasteiger partial charge < -0.3 is 10.4 Å². The van der Waals surface area contributed by atoms with E-state index in [1.807, 2.05) is 13.0 Å². The summed E-state index contributed by atoms with van der Waals surface area (Å²) >= 11 is 0. The molecule has 0 saturated carbocycles. The fraction of sp³-hybridized carbons (Fsp3) is 0.231. The average Bonchev–Trinajstić information content (AvgIpc) is 2.84. The zero-order valence-electron chi connectivity index (χ0n) is 11.3. The highest BCUT2D eigenvalue weighted by molar-refractivity contribution is 5.92. The van der Waals surface area contributed by atoms with Gasteiger partial charge in [0.1, 0.15) is 5.75 Å². The van der Waals surface area contributed by atoms with Crippen molar-refractivity contribution in [2.24, 2.45) is 0 Å². The van der Waals surface area contributed by atoms with Gasteiger partial charge in [-0.1, -0.05) is 0 Å². The second kappa shape index (κ2) is 6.04. The van der Waals surface area contributed by atoms with Crippen LogP contribution >= 0.6 is 0 Å². The molecule has 0 aliphatic carbocycles. The molecule has 2 rings (SSSR count). The average molecular weight is 290 g/mol. The molecule has 8 heteroatoms. The molecule has 2 aromatic rings. The highest BCUT2D eigenvalue weighted by Crippen LogP contribution is 2.27. The Bertz CT molecular complexity index is 681. The molecule has 0 atom stereocenters. The van der Waals surface area contributed by atoms with Crippen LogP contribution in [0, 0.1) is 17.0 Å². The van der Waals surface area contributed by atoms with E-state index < -0.39 is 4.92 Å². The van der Waals surface area contributed by atoms with Crippen molar-refractivity contribution in [1.82, 2.24) is 9.78 Å². The Balaban J connectivity index is 1.94. The minimum atomic E-state index is -0.620. The molecule has 8 nitrogen and oxygen atoms in total. The van der Waals surface area contributed by atoms with Crippen LogP contribution in [0.3, 0.4) is 0 Å². The summed E-state index contributed by atoms with van der Waals surface area (Å²) in [7, 11) is 0. The fourth-order valence-electron chi connectivity index (χ4n) is 1.76. The Morgan fingerprint density at radius 2 is 2.24 bits per heavy atom. The molecular formula is C13H14N4O4. The predicted molar refractivity (Wildman–Crippen MR) is 75.0 cm³/mol. The number of nitro benzene ring substituents is 1. The largest absolute Gasteiger partial charge is 0.506 e. The maximum absolute atomic E-state index is 11.8. The number of aromatic hydroxyl groups is 1. The maximum atomic E-state index is 11.8. The molecule has 21 heavy (non-hydrogen) atoms. The number of rotatable bonds is 5. The Morgan fingerprint density at radius 1 is 1.48 bits per heavy atom. The Labute approximate surface area is 120 Å². The van der Waals surface area contributed by atoms with E-state index in [0.717, 1.165) is 11.8 Å². The number of phenolic OH excluding ortho intramolecular Hbond substituents is 1. The topological polar surface area (TPSA) is 110 Å². The number of carbonyl (C=O) groups is 1. The van der Waals surface area contributed by atoms with Crippen molar-refractivity contribution >= 4 is 17.3 Å². The van der Waals surface area contributed by atoms with Gasteiger partial charge in [0.2, 0.25) is 5.91 Å². The lowest BCUT2D eigenvalue weighted by Crippen LogP contribution is -2.15. The molecule has 1 amide bonds. The first-order valence-corrected chi connectivity index (χ1v) is 6.23. The maximum Gasteiger partial charge on any atom is 0.273 e. The van der Waals surface area contributed by atoms with Crippen LogP contribution in [0.5, 0.6) is 5.75 Å². The van der Waals surface area contributed by atoms with E-state index in [1.165, 1.54) is 12.1 Å². The standard InChI is InChI=1S/C13H14N4O4/c1-9-4-6-16(15-9)7-5-13(19)14-11-3-2-10(17(20)21)8-12(11)18/h2-4,6,8,18H,5,7H2,1H3,(H,14,19). The lowest BCUT2D eigenvalue weighted by atomic mass is 10.2. The van der Waals surface area contributed by atoms with Crippen molar-refractivity contribution in [2.45, 2.75) is 19.9 Å². The number of nitro groups is 1. The third kappa shape index (κ3) is 3.78. The first kappa shape index (κ1) is 14.5. The normalized spacial score (nSPS) is 10.3. The van der Waals surface area contributed by atoms with Gasteiger partial charge in [0, 0.05) is 25.2 Å². The van der Waals surface area contributed by atoms with Gasteiger partial charge in [0.05, 0.1) is 22.4 Å². The number of nitrogens with one attached hydrogen (secondary N) is 1. The molecule has 0 fully saturated rings. The number of amides is 1. The number of phenols is 1. The SMILES string of the molecule is Cc1ccn(CCC(=O)Nc2ccc([N+](=O)[O-])cc2O)n1. The van der Waals surface area contributed by atoms with Crippen LogP contribution in [0.2, 0.25) is 0 Å². The van der Waals surface area contributed by atoms with E-state index in [2.05, 4.69) is 10.4 Å². The van der Waals surface area contributed by atoms with Crippen LogP contribution < -0.4 is 5.32 Å². The molecular weight excluding hydrogens is 276 g/mol. The second-order valence-electron chi connectivity index (χ2n) is 4.48. The van der Waals surface area contributed by atoms with Gasteiger partial charge in [0.15, 0.2) is 0 Å². The quantitative estimate of drug-likeness (QED) is 0.496. The van der Waals surface area contributed by atoms with Crippen LogP contribution in [0.15, 0.2) is 30.5 Å². The zero-order valence-corrected chi connectivity index (χ0v) is 11.3. The van der Waals surface area contributed by atoms with Gasteiger partial charge in [-0.3, -0.25) is 19.6 Å². The third-order valence-corrected chi connectivity index (χ3v) is 2.81. The number of carbonyl (C=O) groups excluding carboxylic acids is 1. The van der Waals surface area contributed by atoms with Crippen molar-refractivity contribution in [3.05, 3.63) is 46.3 Å². The summed E-state index contributed by atoms with van der Waals surface area (Å²) in [6.45, 7) is 2.26. The smallest absolute Gasteiger partial charge is 0.273 e. The summed E-state index contributed by atoms with van der Waals surface area (Å²) in [6.07, 6.45) is 1.95. The van der Waals surface area contributed by atoms with Crippen LogP contribution in [-0.4, -0.2) is 25.7 Å². The van der Waals surface area contributed by atoms with Crippen molar-refractivity contribution < 1.29 is 14.8 Å². The van der Waals surface area contributed by atoms with E-state index in [0.29, 0.717) is 6.54 Å². The lowest BCUT2D eigenvalue weighted by Gasteiger charge is -2.07. The second-order valence-corrected chi connectivity index (χ2v) is 4.48. The van der Waals surface area contributed by atoms with Gasteiger partial charge >= 0.3 is 0 Å². The number of aryl methyl sites for hydroxylation is 2. The van der Waals surface area contributed by atoms with E-state index in [1.54, 1.807) is 10.9 Å². The molecule has 1 aromatic heterocycles. The molecule has 0 radical (unpaired) electrons. The number of anilines is 1. The van der Waals surface area contributed by atoms with Gasteiger partial charge in [-0.25, -0.2) is 0 Å². The van der Waals surface area contributed by atoms with E-state index in [4.69, 9.17) is 0 Å². The number of non-ortho nitro benzene ring substituents is 1. The Morgan fingerprint density at radius 3 is 2.81 bits per heavy atom. The summed E-state index contributed by atoms with van der Waals surface area (Å²) in [5.41, 5.74) is 0.767. The number of nitrogens with zero attached hydrogens (tertiary/aromatic N) is 3. The Kier molecular flexibility index (Phi) is 4.17. The molecule has 0 saturated heterocycles. The molecule has 0 spiro atoms. The number of hydrogen-bond donors (Lipinski definition) is 2. The molecule has 0 bridgehead atoms. The van der Waals surface area contributed by atoms with Crippen LogP contribution in [0.4, 0.5) is 11.4 Å². The molecule has 1 aromatic carbocycles. The molecule has 1 heterocycles. The molecule has 0 aliphatic heterocycles. The van der Waals surface area contributed by atoms with Crippen LogP contribution in [0.25, 0.3) is 0 Å². The van der Waals surface area contributed by atoms with Gasteiger partial charge in [-0.2, -0.15) is 5.10 Å². The van der Waals surface area contributed by atoms with Gasteiger partial charge in [-0.15, -0.1) is 0 Å². The molecule has 0 aliphatic rings. The lowest BCUT2D eigenvalue weighted by molar-refractivity contribution is -0.384. The first-order valence-electron chi connectivity index (χ1n) is 6.23. The molecule has 110 valence electrons. The summed E-state index contributed by atoms with van der Waals surface area (Å²) in [5.74, 6) is -0.653. The zero-order chi connectivity index (χ0) is 15.4. The number of aromatic nitrogens is 2. The van der Waals surface area contributed by atoms with Crippen LogP contribution in [-0.2, 0) is 11.3 Å². The van der Waals surface area contributed by atoms with Crippen LogP contribution in [0.1, 0.15) is 12.1 Å². The predicted octanol–water partition coefficient (Wildman–Crippen LogP) is 1.83. The highest BCUT2D eigenvalue weighted by Gasteiger charge is 2.12. The molecule has 2 N–H and O–H groups in total. The molecule has 0 unspecified atom stereocenters. The van der Waals surface area contributed by atoms with Crippen molar-refractivity contribution in [2.75, 3.05) is 5.32 Å². The highest BCUT2D eigenvalue weighted by atomic mass is 16.6. The summed E-state index contributed by atoms with van der Waals surface area (Å²) < 4.78 is 1.64. The van der Waals surface area contributed by atoms with Crippen molar-refractivity contribution in [3.63, 3.8) is 0 Å². The van der Waals surface area contributed by atoms with E-state index in [-0.39, 0.29) is 29.5 Å². The van der Waals surface area contributed by atoms with Gasteiger partial charge in [-0.05, 0) is 19.1 Å². The summed E-state index contributed by atoms with van der Waals surface area (Å²) in [4.78, 5) is 21.7. The van der Waals surface area contributed by atoms with Crippen molar-refractivity contribution in [1.29, 1.82) is 0 Å². The van der Waals surface area contributed by atoms with Crippen molar-refractivity contribution in [3.8, 4) is 5.75 Å². The third-order valence-electron chi connectivity index (χ3n) is 2.81. The first-order chi connectivity index (χ1) is 9.95. The monoisotopic (exact) mass is 290 g/mol. The fourth-order valence-corrected chi connectivity index (χ4v) is 1.76. The number of benzene rings is 1. The number of hydrogen-bond acceptors (Lipinski definition) is 5. The Hall–Kier alpha value is -2.90. The summed E-state index contributed by atoms with van der Waals surface area (Å²) in [5, 5.41) is 26.8.